The summed E-state index contributed by atoms with van der Waals surface area (Å²) in [6.45, 7) is 3.92. The SMILES string of the molecule is Cc1nc(C(N)=O)nn1-c1ccc2c(ccn2Cc2ccc(C3C[C@@H]4CN(C(=O)O)C[C@@H]4C3)cc2)c1. The Morgan fingerprint density at radius 2 is 1.78 bits per heavy atom. The zero-order chi connectivity index (χ0) is 25.0. The number of aryl methyl sites for hydroxylation is 1. The molecule has 184 valence electrons. The summed E-state index contributed by atoms with van der Waals surface area (Å²) >= 11 is 0. The number of fused-ring (bicyclic) bond motifs is 2. The second kappa shape index (κ2) is 8.51. The Kier molecular flexibility index (Phi) is 5.28. The van der Waals surface area contributed by atoms with Gasteiger partial charge in [-0.1, -0.05) is 24.3 Å². The fourth-order valence-electron chi connectivity index (χ4n) is 6.02. The Morgan fingerprint density at radius 3 is 2.42 bits per heavy atom. The fraction of sp³-hybridized carbons (Fsp3) is 0.333. The number of nitrogens with zero attached hydrogens (tertiary/aromatic N) is 5. The molecule has 3 atom stereocenters. The Bertz CT molecular complexity index is 1460. The van der Waals surface area contributed by atoms with Crippen molar-refractivity contribution >= 4 is 22.9 Å². The molecule has 6 rings (SSSR count). The van der Waals surface area contributed by atoms with E-state index >= 15 is 0 Å². The molecule has 1 saturated carbocycles. The molecule has 0 bridgehead atoms. The summed E-state index contributed by atoms with van der Waals surface area (Å²) in [5.74, 6) is 1.47. The summed E-state index contributed by atoms with van der Waals surface area (Å²) in [6.07, 6.45) is 3.44. The van der Waals surface area contributed by atoms with E-state index in [1.165, 1.54) is 11.1 Å². The highest BCUT2D eigenvalue weighted by Crippen LogP contribution is 2.46. The van der Waals surface area contributed by atoms with Crippen molar-refractivity contribution in [3.63, 3.8) is 0 Å². The summed E-state index contributed by atoms with van der Waals surface area (Å²) in [5.41, 5.74) is 9.85. The Balaban J connectivity index is 1.15. The molecular formula is C27H28N6O3. The summed E-state index contributed by atoms with van der Waals surface area (Å²) in [6, 6.07) is 17.0. The van der Waals surface area contributed by atoms with Crippen LogP contribution >= 0.6 is 0 Å². The Hall–Kier alpha value is -4.14. The summed E-state index contributed by atoms with van der Waals surface area (Å²) in [5, 5.41) is 14.6. The molecule has 36 heavy (non-hydrogen) atoms. The smallest absolute Gasteiger partial charge is 0.407 e. The molecule has 2 aromatic heterocycles. The van der Waals surface area contributed by atoms with E-state index in [0.29, 0.717) is 36.7 Å². The molecule has 1 aliphatic carbocycles. The summed E-state index contributed by atoms with van der Waals surface area (Å²) in [4.78, 5) is 28.4. The van der Waals surface area contributed by atoms with E-state index in [1.54, 1.807) is 16.5 Å². The third kappa shape index (κ3) is 3.90. The maximum Gasteiger partial charge on any atom is 0.407 e. The normalized spacial score (nSPS) is 21.2. The molecule has 0 spiro atoms. The van der Waals surface area contributed by atoms with Crippen LogP contribution in [0.15, 0.2) is 54.7 Å². The number of rotatable bonds is 5. The maximum atomic E-state index is 11.4. The van der Waals surface area contributed by atoms with Crippen molar-refractivity contribution in [1.82, 2.24) is 24.2 Å². The maximum absolute atomic E-state index is 11.4. The summed E-state index contributed by atoms with van der Waals surface area (Å²) in [7, 11) is 0. The van der Waals surface area contributed by atoms with Crippen LogP contribution in [0.2, 0.25) is 0 Å². The van der Waals surface area contributed by atoms with E-state index in [0.717, 1.165) is 36.0 Å². The fourth-order valence-corrected chi connectivity index (χ4v) is 6.02. The quantitative estimate of drug-likeness (QED) is 0.447. The number of hydrogen-bond donors (Lipinski definition) is 2. The highest BCUT2D eigenvalue weighted by atomic mass is 16.4. The molecule has 1 aliphatic heterocycles. The molecule has 4 aromatic rings. The average molecular weight is 485 g/mol. The van der Waals surface area contributed by atoms with Crippen LogP contribution in [0.1, 0.15) is 46.3 Å². The Morgan fingerprint density at radius 1 is 1.06 bits per heavy atom. The van der Waals surface area contributed by atoms with Gasteiger partial charge < -0.3 is 20.3 Å². The lowest BCUT2D eigenvalue weighted by Gasteiger charge is -2.17. The lowest BCUT2D eigenvalue weighted by atomic mass is 9.95. The highest BCUT2D eigenvalue weighted by Gasteiger charge is 2.42. The van der Waals surface area contributed by atoms with Gasteiger partial charge in [-0.25, -0.2) is 14.5 Å². The molecule has 3 heterocycles. The molecule has 9 heteroatoms. The zero-order valence-corrected chi connectivity index (χ0v) is 20.0. The van der Waals surface area contributed by atoms with Gasteiger partial charge >= 0.3 is 6.09 Å². The average Bonchev–Trinajstić information content (AvgIpc) is 3.62. The largest absolute Gasteiger partial charge is 0.465 e. The van der Waals surface area contributed by atoms with Crippen LogP contribution in [0, 0.1) is 18.8 Å². The van der Waals surface area contributed by atoms with E-state index in [2.05, 4.69) is 57.2 Å². The van der Waals surface area contributed by atoms with Gasteiger partial charge in [-0.3, -0.25) is 4.79 Å². The highest BCUT2D eigenvalue weighted by molar-refractivity contribution is 5.88. The van der Waals surface area contributed by atoms with Crippen LogP contribution in [0.5, 0.6) is 0 Å². The Labute approximate surface area is 208 Å². The van der Waals surface area contributed by atoms with Crippen LogP contribution < -0.4 is 5.73 Å². The van der Waals surface area contributed by atoms with Gasteiger partial charge in [0, 0.05) is 36.7 Å². The van der Waals surface area contributed by atoms with Gasteiger partial charge in [-0.05, 0) is 72.9 Å². The minimum Gasteiger partial charge on any atom is -0.465 e. The van der Waals surface area contributed by atoms with Crippen molar-refractivity contribution in [3.8, 4) is 5.69 Å². The van der Waals surface area contributed by atoms with Crippen LogP contribution in [0.3, 0.4) is 0 Å². The molecule has 3 N–H and O–H groups in total. The van der Waals surface area contributed by atoms with Gasteiger partial charge in [0.1, 0.15) is 5.82 Å². The van der Waals surface area contributed by atoms with Crippen molar-refractivity contribution in [3.05, 3.63) is 77.5 Å². The third-order valence-electron chi connectivity index (χ3n) is 7.81. The third-order valence-corrected chi connectivity index (χ3v) is 7.81. The standard InChI is InChI=1S/C27H28N6O3/c1-16-29-26(25(28)34)30-33(16)23-6-7-24-19(12-23)8-9-31(24)13-17-2-4-18(5-3-17)20-10-21-14-32(27(35)36)15-22(21)11-20/h2-9,12,20-22H,10-11,13-15H2,1H3,(H2,28,34)(H,35,36)/t20?,21-,22+. The molecule has 0 radical (unpaired) electrons. The van der Waals surface area contributed by atoms with Crippen molar-refractivity contribution < 1.29 is 14.7 Å². The number of hydrogen-bond acceptors (Lipinski definition) is 4. The number of nitrogens with two attached hydrogens (primary N) is 1. The van der Waals surface area contributed by atoms with Crippen LogP contribution in [0.4, 0.5) is 4.79 Å². The summed E-state index contributed by atoms with van der Waals surface area (Å²) < 4.78 is 3.85. The monoisotopic (exact) mass is 484 g/mol. The van der Waals surface area contributed by atoms with E-state index in [9.17, 15) is 14.7 Å². The first kappa shape index (κ1) is 22.3. The van der Waals surface area contributed by atoms with E-state index in [-0.39, 0.29) is 5.82 Å². The molecule has 2 fully saturated rings. The van der Waals surface area contributed by atoms with Crippen LogP contribution in [-0.2, 0) is 6.54 Å². The first-order valence-electron chi connectivity index (χ1n) is 12.2. The number of carbonyl (C=O) groups excluding carboxylic acids is 1. The van der Waals surface area contributed by atoms with Crippen molar-refractivity contribution in [2.45, 2.75) is 32.2 Å². The second-order valence-electron chi connectivity index (χ2n) is 10.1. The molecule has 1 unspecified atom stereocenters. The molecular weight excluding hydrogens is 456 g/mol. The lowest BCUT2D eigenvalue weighted by molar-refractivity contribution is 0.0990. The van der Waals surface area contributed by atoms with Gasteiger partial charge in [0.15, 0.2) is 0 Å². The number of likely N-dealkylation sites (tertiary alicyclic amines) is 1. The van der Waals surface area contributed by atoms with Crippen molar-refractivity contribution in [2.75, 3.05) is 13.1 Å². The van der Waals surface area contributed by atoms with Crippen molar-refractivity contribution in [2.24, 2.45) is 17.6 Å². The number of primary amides is 1. The first-order chi connectivity index (χ1) is 17.4. The predicted octanol–water partition coefficient (Wildman–Crippen LogP) is 3.78. The second-order valence-corrected chi connectivity index (χ2v) is 10.1. The molecule has 2 aromatic carbocycles. The van der Waals surface area contributed by atoms with Crippen molar-refractivity contribution in [1.29, 1.82) is 0 Å². The minimum absolute atomic E-state index is 0.0108. The molecule has 9 nitrogen and oxygen atoms in total. The van der Waals surface area contributed by atoms with Gasteiger partial charge in [0.05, 0.1) is 5.69 Å². The van der Waals surface area contributed by atoms with Gasteiger partial charge in [-0.15, -0.1) is 5.10 Å². The first-order valence-corrected chi connectivity index (χ1v) is 12.2. The number of carbonyl (C=O) groups is 2. The number of amides is 2. The van der Waals surface area contributed by atoms with Gasteiger partial charge in [0.25, 0.3) is 5.91 Å². The van der Waals surface area contributed by atoms with E-state index in [1.807, 2.05) is 12.1 Å². The number of benzene rings is 2. The van der Waals surface area contributed by atoms with Crippen LogP contribution in [0.25, 0.3) is 16.6 Å². The zero-order valence-electron chi connectivity index (χ0n) is 20.0. The van der Waals surface area contributed by atoms with E-state index < -0.39 is 12.0 Å². The molecule has 1 saturated heterocycles. The molecule has 2 amide bonds. The number of carboxylic acid groups (broad SMARTS) is 1. The lowest BCUT2D eigenvalue weighted by Crippen LogP contribution is -2.27. The minimum atomic E-state index is -0.787. The van der Waals surface area contributed by atoms with Crippen LogP contribution in [-0.4, -0.2) is 54.4 Å². The predicted molar refractivity (Wildman–Crippen MR) is 134 cm³/mol. The molecule has 2 aliphatic rings. The van der Waals surface area contributed by atoms with Gasteiger partial charge in [0.2, 0.25) is 5.82 Å². The number of aromatic nitrogens is 4. The topological polar surface area (TPSA) is 119 Å². The van der Waals surface area contributed by atoms with Gasteiger partial charge in [-0.2, -0.15) is 0 Å². The van der Waals surface area contributed by atoms with E-state index in [4.69, 9.17) is 5.73 Å².